The van der Waals surface area contributed by atoms with Crippen LogP contribution in [0.3, 0.4) is 0 Å². The van der Waals surface area contributed by atoms with Crippen LogP contribution in [0.5, 0.6) is 0 Å². The second-order valence-electron chi connectivity index (χ2n) is 8.98. The number of amides is 1. The number of aryl methyl sites for hydroxylation is 1. The summed E-state index contributed by atoms with van der Waals surface area (Å²) in [5.74, 6) is -1.56. The number of hydrogen-bond donors (Lipinski definition) is 4. The number of carboxylic acid groups (broad SMARTS) is 1. The highest BCUT2D eigenvalue weighted by Crippen LogP contribution is 2.43. The smallest absolute Gasteiger partial charge is 0.306 e. The van der Waals surface area contributed by atoms with Crippen LogP contribution in [-0.2, 0) is 20.6 Å². The number of carbonyl (C=O) groups is 2. The van der Waals surface area contributed by atoms with E-state index in [1.165, 1.54) is 6.66 Å². The number of hydrogen-bond acceptors (Lipinski definition) is 4. The van der Waals surface area contributed by atoms with Crippen LogP contribution in [0.15, 0.2) is 24.3 Å². The predicted octanol–water partition coefficient (Wildman–Crippen LogP) is 4.40. The second kappa shape index (κ2) is 15.2. The zero-order chi connectivity index (χ0) is 24.9. The number of unbranched alkanes of at least 4 members (excludes halogenated alkanes) is 1. The first kappa shape index (κ1) is 30.3. The fraction of sp³-hybridized carbons (Fsp3) is 0.667. The Bertz CT molecular complexity index is 730. The van der Waals surface area contributed by atoms with Gasteiger partial charge < -0.3 is 21.1 Å². The summed E-state index contributed by atoms with van der Waals surface area (Å²) in [5.41, 5.74) is 7.39. The lowest BCUT2D eigenvalue weighted by atomic mass is 9.87. The lowest BCUT2D eigenvalue weighted by molar-refractivity contribution is -0.143. The van der Waals surface area contributed by atoms with Crippen LogP contribution >= 0.6 is 7.37 Å². The molecule has 4 unspecified atom stereocenters. The highest BCUT2D eigenvalue weighted by Gasteiger charge is 2.30. The van der Waals surface area contributed by atoms with E-state index in [0.29, 0.717) is 6.54 Å². The Labute approximate surface area is 193 Å². The SMILES string of the molecule is CCC(C)C(CCCCN)C(=O)O.Cc1ccc(CC(=O)NC(C(C)C)P(C)(=O)O)cc1. The van der Waals surface area contributed by atoms with Gasteiger partial charge in [0.25, 0.3) is 0 Å². The van der Waals surface area contributed by atoms with Crippen molar-refractivity contribution in [3.8, 4) is 0 Å². The zero-order valence-corrected chi connectivity index (χ0v) is 21.4. The van der Waals surface area contributed by atoms with Gasteiger partial charge >= 0.3 is 5.97 Å². The first-order valence-electron chi connectivity index (χ1n) is 11.4. The number of carbonyl (C=O) groups excluding carboxylic acids is 1. The average Bonchev–Trinajstić information content (AvgIpc) is 2.70. The minimum absolute atomic E-state index is 0.0807. The fourth-order valence-electron chi connectivity index (χ4n) is 3.39. The molecule has 5 N–H and O–H groups in total. The Balaban J connectivity index is 0.000000649. The van der Waals surface area contributed by atoms with E-state index in [9.17, 15) is 19.0 Å². The third kappa shape index (κ3) is 12.4. The van der Waals surface area contributed by atoms with Gasteiger partial charge in [0.15, 0.2) is 0 Å². The van der Waals surface area contributed by atoms with Crippen molar-refractivity contribution in [1.29, 1.82) is 0 Å². The van der Waals surface area contributed by atoms with Crippen molar-refractivity contribution in [1.82, 2.24) is 5.32 Å². The van der Waals surface area contributed by atoms with Crippen molar-refractivity contribution >= 4 is 19.2 Å². The van der Waals surface area contributed by atoms with Gasteiger partial charge in [-0.05, 0) is 43.7 Å². The lowest BCUT2D eigenvalue weighted by Gasteiger charge is -2.24. The lowest BCUT2D eigenvalue weighted by Crippen LogP contribution is -2.39. The number of carboxylic acids is 1. The molecule has 1 rings (SSSR count). The third-order valence-corrected chi connectivity index (χ3v) is 7.32. The van der Waals surface area contributed by atoms with Crippen molar-refractivity contribution in [2.75, 3.05) is 13.2 Å². The summed E-state index contributed by atoms with van der Waals surface area (Å²) in [5, 5.41) is 11.6. The first-order chi connectivity index (χ1) is 14.8. The highest BCUT2D eigenvalue weighted by molar-refractivity contribution is 7.57. The van der Waals surface area contributed by atoms with Crippen LogP contribution in [0, 0.1) is 24.7 Å². The highest BCUT2D eigenvalue weighted by atomic mass is 31.2. The number of aliphatic carboxylic acids is 1. The van der Waals surface area contributed by atoms with Gasteiger partial charge in [-0.3, -0.25) is 14.2 Å². The normalized spacial score (nSPS) is 15.7. The van der Waals surface area contributed by atoms with Gasteiger partial charge in [-0.15, -0.1) is 0 Å². The Kier molecular flexibility index (Phi) is 14.4. The van der Waals surface area contributed by atoms with Crippen molar-refractivity contribution < 1.29 is 24.2 Å². The molecule has 0 fully saturated rings. The van der Waals surface area contributed by atoms with Crippen LogP contribution in [0.25, 0.3) is 0 Å². The molecule has 0 spiro atoms. The van der Waals surface area contributed by atoms with E-state index in [1.807, 2.05) is 58.9 Å². The summed E-state index contributed by atoms with van der Waals surface area (Å²) in [6.45, 7) is 11.6. The Morgan fingerprint density at radius 2 is 1.69 bits per heavy atom. The van der Waals surface area contributed by atoms with E-state index in [-0.39, 0.29) is 30.1 Å². The maximum absolute atomic E-state index is 11.9. The van der Waals surface area contributed by atoms with E-state index in [2.05, 4.69) is 5.32 Å². The van der Waals surface area contributed by atoms with Gasteiger partial charge in [-0.2, -0.15) is 0 Å². The molecule has 0 aliphatic rings. The molecule has 4 atom stereocenters. The molecule has 184 valence electrons. The number of nitrogens with two attached hydrogens (primary N) is 1. The number of benzene rings is 1. The van der Waals surface area contributed by atoms with E-state index >= 15 is 0 Å². The van der Waals surface area contributed by atoms with Crippen molar-refractivity contribution in [2.24, 2.45) is 23.5 Å². The molecule has 0 aliphatic heterocycles. The van der Waals surface area contributed by atoms with Gasteiger partial charge in [-0.1, -0.05) is 70.4 Å². The van der Waals surface area contributed by atoms with Crippen LogP contribution in [0.1, 0.15) is 64.5 Å². The molecule has 0 aromatic heterocycles. The predicted molar refractivity (Wildman–Crippen MR) is 131 cm³/mol. The molecular weight excluding hydrogens is 427 g/mol. The topological polar surface area (TPSA) is 130 Å². The molecule has 1 amide bonds. The zero-order valence-electron chi connectivity index (χ0n) is 20.5. The summed E-state index contributed by atoms with van der Waals surface area (Å²) in [4.78, 5) is 32.4. The van der Waals surface area contributed by atoms with Gasteiger partial charge in [0.1, 0.15) is 5.78 Å². The number of rotatable bonds is 12. The molecule has 7 nitrogen and oxygen atoms in total. The largest absolute Gasteiger partial charge is 0.481 e. The molecule has 1 aromatic carbocycles. The second-order valence-corrected chi connectivity index (χ2v) is 11.4. The van der Waals surface area contributed by atoms with Crippen molar-refractivity contribution in [2.45, 2.75) is 72.5 Å². The maximum Gasteiger partial charge on any atom is 0.306 e. The molecule has 0 bridgehead atoms. The summed E-state index contributed by atoms with van der Waals surface area (Å²) in [7, 11) is -3.33. The molecule has 0 aliphatic carbocycles. The van der Waals surface area contributed by atoms with Gasteiger partial charge in [0.2, 0.25) is 13.3 Å². The first-order valence-corrected chi connectivity index (χ1v) is 13.6. The minimum atomic E-state index is -3.33. The van der Waals surface area contributed by atoms with E-state index in [1.54, 1.807) is 0 Å². The van der Waals surface area contributed by atoms with E-state index in [0.717, 1.165) is 36.8 Å². The molecule has 0 heterocycles. The fourth-order valence-corrected chi connectivity index (χ4v) is 4.88. The van der Waals surface area contributed by atoms with Crippen LogP contribution in [0.2, 0.25) is 0 Å². The van der Waals surface area contributed by atoms with Crippen molar-refractivity contribution in [3.63, 3.8) is 0 Å². The standard InChI is InChI=1S/C14H22NO3P.C10H21NO2/c1-10(2)14(19(4,17)18)15-13(16)9-12-7-5-11(3)6-8-12;1-3-8(2)9(10(12)13)6-4-5-7-11/h5-8,10,14H,9H2,1-4H3,(H,15,16)(H,17,18);8-9H,3-7,11H2,1-2H3,(H,12,13). The van der Waals surface area contributed by atoms with Crippen LogP contribution in [-0.4, -0.2) is 40.9 Å². The average molecular weight is 471 g/mol. The molecule has 32 heavy (non-hydrogen) atoms. The maximum atomic E-state index is 11.9. The Morgan fingerprint density at radius 1 is 1.12 bits per heavy atom. The molecule has 8 heteroatoms. The van der Waals surface area contributed by atoms with Gasteiger partial charge in [0, 0.05) is 6.66 Å². The quantitative estimate of drug-likeness (QED) is 0.265. The molecule has 0 saturated heterocycles. The van der Waals surface area contributed by atoms with Gasteiger partial charge in [-0.25, -0.2) is 0 Å². The number of nitrogens with one attached hydrogen (secondary N) is 1. The molecular formula is C24H43N2O5P. The van der Waals surface area contributed by atoms with Crippen LogP contribution < -0.4 is 11.1 Å². The van der Waals surface area contributed by atoms with Gasteiger partial charge in [0.05, 0.1) is 12.3 Å². The Hall–Kier alpha value is -1.69. The summed E-state index contributed by atoms with van der Waals surface area (Å²) >= 11 is 0. The summed E-state index contributed by atoms with van der Waals surface area (Å²) in [6, 6.07) is 7.67. The molecule has 0 radical (unpaired) electrons. The van der Waals surface area contributed by atoms with Crippen LogP contribution in [0.4, 0.5) is 0 Å². The summed E-state index contributed by atoms with van der Waals surface area (Å²) in [6.07, 6.45) is 3.78. The van der Waals surface area contributed by atoms with Crippen molar-refractivity contribution in [3.05, 3.63) is 35.4 Å². The third-order valence-electron chi connectivity index (χ3n) is 5.56. The van der Waals surface area contributed by atoms with E-state index in [4.69, 9.17) is 10.8 Å². The Morgan fingerprint density at radius 3 is 2.09 bits per heavy atom. The molecule has 1 aromatic rings. The monoisotopic (exact) mass is 470 g/mol. The molecule has 0 saturated carbocycles. The minimum Gasteiger partial charge on any atom is -0.481 e. The summed E-state index contributed by atoms with van der Waals surface area (Å²) < 4.78 is 11.7. The van der Waals surface area contributed by atoms with E-state index < -0.39 is 19.1 Å².